The molecule has 0 bridgehead atoms. The Kier molecular flexibility index (Phi) is 4.15. The number of nitrogens with one attached hydrogen (secondary N) is 1. The van der Waals surface area contributed by atoms with Crippen LogP contribution in [0.25, 0.3) is 0 Å². The first-order valence-corrected chi connectivity index (χ1v) is 7.60. The average molecular weight is 347 g/mol. The van der Waals surface area contributed by atoms with Gasteiger partial charge in [-0.2, -0.15) is 0 Å². The zero-order valence-electron chi connectivity index (χ0n) is 11.4. The van der Waals surface area contributed by atoms with Crippen molar-refractivity contribution in [1.82, 2.24) is 14.9 Å². The van der Waals surface area contributed by atoms with Crippen LogP contribution in [0.15, 0.2) is 47.2 Å². The molecule has 1 saturated heterocycles. The largest absolute Gasteiger partial charge is 0.365 e. The standard InChI is InChI=1S/C15H15BrN4O/c16-11-4-5-14(18-9-11)19-12-6-8-20(10-12)15(21)13-3-1-2-7-17-13/h1-5,7,9,12H,6,8,10H2,(H,18,19). The Labute approximate surface area is 131 Å². The lowest BCUT2D eigenvalue weighted by Crippen LogP contribution is -2.32. The van der Waals surface area contributed by atoms with E-state index in [1.807, 2.05) is 29.2 Å². The molecule has 21 heavy (non-hydrogen) atoms. The fraction of sp³-hybridized carbons (Fsp3) is 0.267. The molecule has 1 atom stereocenters. The quantitative estimate of drug-likeness (QED) is 0.927. The Morgan fingerprint density at radius 3 is 2.90 bits per heavy atom. The summed E-state index contributed by atoms with van der Waals surface area (Å²) in [6.07, 6.45) is 4.31. The fourth-order valence-corrected chi connectivity index (χ4v) is 2.62. The maximum atomic E-state index is 12.3. The van der Waals surface area contributed by atoms with Crippen molar-refractivity contribution in [2.75, 3.05) is 18.4 Å². The van der Waals surface area contributed by atoms with E-state index in [1.165, 1.54) is 0 Å². The summed E-state index contributed by atoms with van der Waals surface area (Å²) in [5.74, 6) is 0.819. The van der Waals surface area contributed by atoms with Gasteiger partial charge in [-0.15, -0.1) is 0 Å². The monoisotopic (exact) mass is 346 g/mol. The van der Waals surface area contributed by atoms with Crippen molar-refractivity contribution >= 4 is 27.7 Å². The van der Waals surface area contributed by atoms with Gasteiger partial charge in [-0.05, 0) is 46.6 Å². The molecule has 0 spiro atoms. The highest BCUT2D eigenvalue weighted by Crippen LogP contribution is 2.17. The van der Waals surface area contributed by atoms with Gasteiger partial charge in [-0.3, -0.25) is 9.78 Å². The molecule has 0 saturated carbocycles. The molecule has 3 rings (SSSR count). The predicted molar refractivity (Wildman–Crippen MR) is 84.1 cm³/mol. The zero-order chi connectivity index (χ0) is 14.7. The molecule has 1 amide bonds. The van der Waals surface area contributed by atoms with Gasteiger partial charge < -0.3 is 10.2 Å². The molecule has 5 nitrogen and oxygen atoms in total. The first kappa shape index (κ1) is 14.0. The molecule has 0 aromatic carbocycles. The Morgan fingerprint density at radius 2 is 2.19 bits per heavy atom. The first-order chi connectivity index (χ1) is 10.2. The summed E-state index contributed by atoms with van der Waals surface area (Å²) in [6, 6.07) is 9.49. The summed E-state index contributed by atoms with van der Waals surface area (Å²) in [4.78, 5) is 22.5. The Hall–Kier alpha value is -1.95. The third-order valence-electron chi connectivity index (χ3n) is 3.44. The molecule has 1 N–H and O–H groups in total. The van der Waals surface area contributed by atoms with Crippen LogP contribution in [-0.2, 0) is 0 Å². The van der Waals surface area contributed by atoms with Gasteiger partial charge in [0.05, 0.1) is 0 Å². The number of hydrogen-bond acceptors (Lipinski definition) is 4. The maximum Gasteiger partial charge on any atom is 0.272 e. The van der Waals surface area contributed by atoms with E-state index in [-0.39, 0.29) is 11.9 Å². The Morgan fingerprint density at radius 1 is 1.29 bits per heavy atom. The van der Waals surface area contributed by atoms with Crippen LogP contribution in [0.5, 0.6) is 0 Å². The van der Waals surface area contributed by atoms with Crippen molar-refractivity contribution in [3.8, 4) is 0 Å². The molecule has 2 aromatic rings. The van der Waals surface area contributed by atoms with Crippen LogP contribution < -0.4 is 5.32 Å². The lowest BCUT2D eigenvalue weighted by Gasteiger charge is -2.17. The van der Waals surface area contributed by atoms with Gasteiger partial charge in [0, 0.05) is 36.0 Å². The smallest absolute Gasteiger partial charge is 0.272 e. The molecular formula is C15H15BrN4O. The lowest BCUT2D eigenvalue weighted by molar-refractivity contribution is 0.0786. The SMILES string of the molecule is O=C(c1ccccn1)N1CCC(Nc2ccc(Br)cn2)C1. The number of hydrogen-bond donors (Lipinski definition) is 1. The Bertz CT molecular complexity index is 617. The number of likely N-dealkylation sites (tertiary alicyclic amines) is 1. The van der Waals surface area contributed by atoms with Crippen LogP contribution in [0.1, 0.15) is 16.9 Å². The van der Waals surface area contributed by atoms with Crippen molar-refractivity contribution in [2.45, 2.75) is 12.5 Å². The number of nitrogens with zero attached hydrogens (tertiary/aromatic N) is 3. The van der Waals surface area contributed by atoms with E-state index in [1.54, 1.807) is 18.5 Å². The van der Waals surface area contributed by atoms with Crippen LogP contribution in [0, 0.1) is 0 Å². The predicted octanol–water partition coefficient (Wildman–Crippen LogP) is 2.57. The Balaban J connectivity index is 1.60. The fourth-order valence-electron chi connectivity index (χ4n) is 2.38. The van der Waals surface area contributed by atoms with Crippen LogP contribution in [0.3, 0.4) is 0 Å². The third-order valence-corrected chi connectivity index (χ3v) is 3.91. The number of anilines is 1. The average Bonchev–Trinajstić information content (AvgIpc) is 2.98. The van der Waals surface area contributed by atoms with Gasteiger partial charge in [0.15, 0.2) is 0 Å². The van der Waals surface area contributed by atoms with Gasteiger partial charge in [-0.1, -0.05) is 6.07 Å². The van der Waals surface area contributed by atoms with Crippen LogP contribution in [-0.4, -0.2) is 39.9 Å². The number of aromatic nitrogens is 2. The van der Waals surface area contributed by atoms with E-state index < -0.39 is 0 Å². The summed E-state index contributed by atoms with van der Waals surface area (Å²) < 4.78 is 0.950. The molecule has 6 heteroatoms. The molecule has 0 radical (unpaired) electrons. The van der Waals surface area contributed by atoms with E-state index in [0.717, 1.165) is 23.3 Å². The van der Waals surface area contributed by atoms with Crippen molar-refractivity contribution in [3.63, 3.8) is 0 Å². The number of halogens is 1. The molecular weight excluding hydrogens is 332 g/mol. The molecule has 0 aliphatic carbocycles. The molecule has 1 unspecified atom stereocenters. The van der Waals surface area contributed by atoms with Gasteiger partial charge >= 0.3 is 0 Å². The van der Waals surface area contributed by atoms with Crippen LogP contribution in [0.4, 0.5) is 5.82 Å². The minimum absolute atomic E-state index is 0.0105. The molecule has 1 aliphatic rings. The second-order valence-corrected chi connectivity index (χ2v) is 5.87. The molecule has 1 fully saturated rings. The molecule has 108 valence electrons. The first-order valence-electron chi connectivity index (χ1n) is 6.81. The minimum atomic E-state index is -0.0105. The van der Waals surface area contributed by atoms with Crippen molar-refractivity contribution < 1.29 is 4.79 Å². The normalized spacial score (nSPS) is 17.8. The number of amides is 1. The molecule has 2 aromatic heterocycles. The van der Waals surface area contributed by atoms with Crippen LogP contribution in [0.2, 0.25) is 0 Å². The number of rotatable bonds is 3. The summed E-state index contributed by atoms with van der Waals surface area (Å²) in [5.41, 5.74) is 0.500. The van der Waals surface area contributed by atoms with Gasteiger partial charge in [0.25, 0.3) is 5.91 Å². The second-order valence-electron chi connectivity index (χ2n) is 4.96. The maximum absolute atomic E-state index is 12.3. The second kappa shape index (κ2) is 6.22. The van der Waals surface area contributed by atoms with Crippen molar-refractivity contribution in [2.24, 2.45) is 0 Å². The highest BCUT2D eigenvalue weighted by Gasteiger charge is 2.27. The van der Waals surface area contributed by atoms with Gasteiger partial charge in [0.1, 0.15) is 11.5 Å². The van der Waals surface area contributed by atoms with E-state index >= 15 is 0 Å². The molecule has 1 aliphatic heterocycles. The van der Waals surface area contributed by atoms with E-state index in [9.17, 15) is 4.79 Å². The van der Waals surface area contributed by atoms with Crippen molar-refractivity contribution in [1.29, 1.82) is 0 Å². The summed E-state index contributed by atoms with van der Waals surface area (Å²) in [6.45, 7) is 1.41. The van der Waals surface area contributed by atoms with Gasteiger partial charge in [-0.25, -0.2) is 4.98 Å². The topological polar surface area (TPSA) is 58.1 Å². The van der Waals surface area contributed by atoms with E-state index in [0.29, 0.717) is 12.2 Å². The van der Waals surface area contributed by atoms with Gasteiger partial charge in [0.2, 0.25) is 0 Å². The van der Waals surface area contributed by atoms with E-state index in [2.05, 4.69) is 31.2 Å². The summed E-state index contributed by atoms with van der Waals surface area (Å²) >= 11 is 3.36. The summed E-state index contributed by atoms with van der Waals surface area (Å²) in [5, 5.41) is 3.36. The van der Waals surface area contributed by atoms with Crippen LogP contribution >= 0.6 is 15.9 Å². The number of pyridine rings is 2. The highest BCUT2D eigenvalue weighted by atomic mass is 79.9. The number of carbonyl (C=O) groups excluding carboxylic acids is 1. The van der Waals surface area contributed by atoms with Crippen molar-refractivity contribution in [3.05, 3.63) is 52.9 Å². The molecule has 3 heterocycles. The summed E-state index contributed by atoms with van der Waals surface area (Å²) in [7, 11) is 0. The third kappa shape index (κ3) is 3.39. The van der Waals surface area contributed by atoms with E-state index in [4.69, 9.17) is 0 Å². The lowest BCUT2D eigenvalue weighted by atomic mass is 10.2. The zero-order valence-corrected chi connectivity index (χ0v) is 13.0. The number of carbonyl (C=O) groups is 1. The highest BCUT2D eigenvalue weighted by molar-refractivity contribution is 9.10. The minimum Gasteiger partial charge on any atom is -0.365 e.